The first-order chi connectivity index (χ1) is 11.6. The van der Waals surface area contributed by atoms with Gasteiger partial charge in [0, 0.05) is 19.0 Å². The third-order valence-corrected chi connectivity index (χ3v) is 4.09. The molecule has 3 rings (SSSR count). The first-order valence-electron chi connectivity index (χ1n) is 7.67. The molecule has 2 aromatic carbocycles. The number of hydrogen-bond acceptors (Lipinski definition) is 3. The Hall–Kier alpha value is -2.95. The van der Waals surface area contributed by atoms with Gasteiger partial charge < -0.3 is 19.4 Å². The van der Waals surface area contributed by atoms with Crippen molar-refractivity contribution in [3.8, 4) is 11.5 Å². The molecule has 24 heavy (non-hydrogen) atoms. The van der Waals surface area contributed by atoms with Crippen molar-refractivity contribution in [3.63, 3.8) is 0 Å². The number of aryl methyl sites for hydroxylation is 1. The third-order valence-electron chi connectivity index (χ3n) is 4.09. The van der Waals surface area contributed by atoms with Crippen LogP contribution < -0.4 is 14.8 Å². The number of ether oxygens (including phenoxy) is 2. The van der Waals surface area contributed by atoms with Crippen LogP contribution in [-0.4, -0.2) is 24.7 Å². The molecule has 5 heteroatoms. The lowest BCUT2D eigenvalue weighted by atomic mass is 10.2. The molecule has 0 aliphatic rings. The van der Waals surface area contributed by atoms with E-state index in [1.54, 1.807) is 14.2 Å². The molecule has 0 fully saturated rings. The number of fused-ring (bicyclic) bond motifs is 1. The Kier molecular flexibility index (Phi) is 4.42. The highest BCUT2D eigenvalue weighted by Gasteiger charge is 2.15. The van der Waals surface area contributed by atoms with Gasteiger partial charge in [0.15, 0.2) is 0 Å². The van der Waals surface area contributed by atoms with Gasteiger partial charge in [-0.05, 0) is 35.9 Å². The number of methoxy groups -OCH3 is 2. The number of carbonyl (C=O) groups excluding carboxylic acids is 1. The van der Waals surface area contributed by atoms with E-state index in [0.29, 0.717) is 12.2 Å². The fourth-order valence-corrected chi connectivity index (χ4v) is 2.78. The molecular weight excluding hydrogens is 304 g/mol. The average Bonchev–Trinajstić information content (AvgIpc) is 2.97. The minimum absolute atomic E-state index is 0.126. The summed E-state index contributed by atoms with van der Waals surface area (Å²) in [6, 6.07) is 15.3. The summed E-state index contributed by atoms with van der Waals surface area (Å²) in [5, 5.41) is 3.87. The van der Waals surface area contributed by atoms with Crippen LogP contribution in [0.2, 0.25) is 0 Å². The molecule has 0 bridgehead atoms. The van der Waals surface area contributed by atoms with Gasteiger partial charge in [0.1, 0.15) is 17.2 Å². The van der Waals surface area contributed by atoms with Crippen LogP contribution in [0.4, 0.5) is 0 Å². The Morgan fingerprint density at radius 1 is 1.08 bits per heavy atom. The average molecular weight is 324 g/mol. The zero-order valence-corrected chi connectivity index (χ0v) is 14.0. The zero-order valence-electron chi connectivity index (χ0n) is 14.0. The molecule has 0 unspecified atom stereocenters. The van der Waals surface area contributed by atoms with Crippen LogP contribution in [0.5, 0.6) is 11.5 Å². The number of carbonyl (C=O) groups is 1. The van der Waals surface area contributed by atoms with Crippen molar-refractivity contribution in [1.82, 2.24) is 9.88 Å². The molecule has 5 nitrogen and oxygen atoms in total. The zero-order chi connectivity index (χ0) is 17.1. The molecule has 0 saturated carbocycles. The fourth-order valence-electron chi connectivity index (χ4n) is 2.78. The smallest absolute Gasteiger partial charge is 0.268 e. The van der Waals surface area contributed by atoms with E-state index in [0.717, 1.165) is 28.0 Å². The lowest BCUT2D eigenvalue weighted by Gasteiger charge is -2.08. The summed E-state index contributed by atoms with van der Waals surface area (Å²) in [5.74, 6) is 1.41. The summed E-state index contributed by atoms with van der Waals surface area (Å²) < 4.78 is 12.4. The monoisotopic (exact) mass is 324 g/mol. The van der Waals surface area contributed by atoms with Crippen molar-refractivity contribution in [2.75, 3.05) is 14.2 Å². The molecule has 0 saturated heterocycles. The summed E-state index contributed by atoms with van der Waals surface area (Å²) in [7, 11) is 5.13. The second-order valence-electron chi connectivity index (χ2n) is 5.52. The molecule has 1 amide bonds. The Labute approximate surface area is 140 Å². The number of rotatable bonds is 5. The van der Waals surface area contributed by atoms with Gasteiger partial charge >= 0.3 is 0 Å². The van der Waals surface area contributed by atoms with E-state index in [2.05, 4.69) is 5.32 Å². The summed E-state index contributed by atoms with van der Waals surface area (Å²) in [4.78, 5) is 12.6. The number of benzene rings is 2. The van der Waals surface area contributed by atoms with Crippen molar-refractivity contribution < 1.29 is 14.3 Å². The molecule has 124 valence electrons. The van der Waals surface area contributed by atoms with Crippen LogP contribution in [0.1, 0.15) is 16.1 Å². The van der Waals surface area contributed by atoms with Crippen LogP contribution in [0.3, 0.4) is 0 Å². The van der Waals surface area contributed by atoms with E-state index in [-0.39, 0.29) is 5.91 Å². The highest BCUT2D eigenvalue weighted by molar-refractivity contribution is 6.00. The second kappa shape index (κ2) is 6.66. The molecule has 0 aliphatic carbocycles. The molecule has 1 N–H and O–H groups in total. The topological polar surface area (TPSA) is 52.5 Å². The number of aromatic nitrogens is 1. The summed E-state index contributed by atoms with van der Waals surface area (Å²) in [6.45, 7) is 0.439. The van der Waals surface area contributed by atoms with Crippen molar-refractivity contribution in [3.05, 3.63) is 59.8 Å². The summed E-state index contributed by atoms with van der Waals surface area (Å²) in [6.07, 6.45) is 0. The third kappa shape index (κ3) is 2.93. The second-order valence-corrected chi connectivity index (χ2v) is 5.52. The van der Waals surface area contributed by atoms with Gasteiger partial charge in [-0.1, -0.05) is 18.2 Å². The largest absolute Gasteiger partial charge is 0.497 e. The van der Waals surface area contributed by atoms with E-state index < -0.39 is 0 Å². The number of amides is 1. The van der Waals surface area contributed by atoms with E-state index >= 15 is 0 Å². The van der Waals surface area contributed by atoms with E-state index in [4.69, 9.17) is 9.47 Å². The maximum atomic E-state index is 12.6. The Morgan fingerprint density at radius 2 is 1.88 bits per heavy atom. The van der Waals surface area contributed by atoms with Gasteiger partial charge in [0.25, 0.3) is 5.91 Å². The minimum Gasteiger partial charge on any atom is -0.497 e. The molecule has 0 aliphatic heterocycles. The maximum Gasteiger partial charge on any atom is 0.268 e. The molecule has 1 aromatic heterocycles. The molecule has 3 aromatic rings. The van der Waals surface area contributed by atoms with E-state index in [9.17, 15) is 4.79 Å². The normalized spacial score (nSPS) is 10.6. The van der Waals surface area contributed by atoms with Crippen LogP contribution in [0.15, 0.2) is 48.5 Å². The van der Waals surface area contributed by atoms with Gasteiger partial charge in [0.05, 0.1) is 19.7 Å². The Morgan fingerprint density at radius 3 is 2.62 bits per heavy atom. The lowest BCUT2D eigenvalue weighted by Crippen LogP contribution is -2.24. The van der Waals surface area contributed by atoms with Crippen molar-refractivity contribution >= 4 is 16.8 Å². The molecule has 1 heterocycles. The Balaban J connectivity index is 1.82. The van der Waals surface area contributed by atoms with Crippen molar-refractivity contribution in [2.45, 2.75) is 6.54 Å². The quantitative estimate of drug-likeness (QED) is 0.784. The van der Waals surface area contributed by atoms with Gasteiger partial charge in [-0.3, -0.25) is 4.79 Å². The highest BCUT2D eigenvalue weighted by atomic mass is 16.5. The molecule has 0 radical (unpaired) electrons. The standard InChI is InChI=1S/C19H20N2O3/c1-21-16-8-5-9-18(24-3)15(16)11-17(21)19(22)20-12-13-6-4-7-14(10-13)23-2/h4-11H,12H2,1-3H3,(H,20,22). The van der Waals surface area contributed by atoms with Crippen LogP contribution in [0, 0.1) is 0 Å². The molecular formula is C19H20N2O3. The lowest BCUT2D eigenvalue weighted by molar-refractivity contribution is 0.0943. The minimum atomic E-state index is -0.126. The Bertz CT molecular complexity index is 883. The van der Waals surface area contributed by atoms with Gasteiger partial charge in [0.2, 0.25) is 0 Å². The maximum absolute atomic E-state index is 12.6. The van der Waals surface area contributed by atoms with Gasteiger partial charge in [-0.25, -0.2) is 0 Å². The first-order valence-corrected chi connectivity index (χ1v) is 7.67. The van der Waals surface area contributed by atoms with E-state index in [1.165, 1.54) is 0 Å². The predicted molar refractivity (Wildman–Crippen MR) is 93.6 cm³/mol. The van der Waals surface area contributed by atoms with Crippen LogP contribution >= 0.6 is 0 Å². The van der Waals surface area contributed by atoms with Crippen molar-refractivity contribution in [1.29, 1.82) is 0 Å². The van der Waals surface area contributed by atoms with Crippen LogP contribution in [-0.2, 0) is 13.6 Å². The number of hydrogen-bond donors (Lipinski definition) is 1. The van der Waals surface area contributed by atoms with E-state index in [1.807, 2.05) is 60.1 Å². The number of nitrogens with zero attached hydrogens (tertiary/aromatic N) is 1. The van der Waals surface area contributed by atoms with Gasteiger partial charge in [-0.2, -0.15) is 0 Å². The summed E-state index contributed by atoms with van der Waals surface area (Å²) in [5.41, 5.74) is 2.54. The molecule has 0 atom stereocenters. The predicted octanol–water partition coefficient (Wildman–Crippen LogP) is 3.13. The fraction of sp³-hybridized carbons (Fsp3) is 0.211. The molecule has 0 spiro atoms. The summed E-state index contributed by atoms with van der Waals surface area (Å²) >= 11 is 0. The number of nitrogens with one attached hydrogen (secondary N) is 1. The van der Waals surface area contributed by atoms with Crippen LogP contribution in [0.25, 0.3) is 10.9 Å². The van der Waals surface area contributed by atoms with Gasteiger partial charge in [-0.15, -0.1) is 0 Å². The first kappa shape index (κ1) is 15.9. The van der Waals surface area contributed by atoms with Crippen molar-refractivity contribution in [2.24, 2.45) is 7.05 Å². The SMILES string of the molecule is COc1cccc(CNC(=O)c2cc3c(OC)cccc3n2C)c1. The highest BCUT2D eigenvalue weighted by Crippen LogP contribution is 2.28.